The molecule has 1 amide bonds. The van der Waals surface area contributed by atoms with Gasteiger partial charge < -0.3 is 10.1 Å². The summed E-state index contributed by atoms with van der Waals surface area (Å²) >= 11 is 0. The van der Waals surface area contributed by atoms with Crippen molar-refractivity contribution in [2.24, 2.45) is 0 Å². The number of anilines is 2. The van der Waals surface area contributed by atoms with Gasteiger partial charge in [0.1, 0.15) is 5.75 Å². The number of fused-ring (bicyclic) bond motifs is 1. The highest BCUT2D eigenvalue weighted by Crippen LogP contribution is 2.24. The van der Waals surface area contributed by atoms with Gasteiger partial charge >= 0.3 is 0 Å². The van der Waals surface area contributed by atoms with Gasteiger partial charge in [-0.3, -0.25) is 9.52 Å². The Labute approximate surface area is 180 Å². The Kier molecular flexibility index (Phi) is 5.60. The standard InChI is InChI=1S/C24H20N2O4S/c1-30-20-13-15-21(16-14-20)31(28,29)26-19-11-9-18(10-12-19)24(27)25-23-8-4-6-17-5-2-3-7-22(17)23/h2-16,26H,1H3,(H,25,27). The number of carbonyl (C=O) groups excluding carboxylic acids is 1. The molecule has 7 heteroatoms. The first-order valence-electron chi connectivity index (χ1n) is 9.52. The van der Waals surface area contributed by atoms with Crippen LogP contribution in [0.15, 0.2) is 95.9 Å². The van der Waals surface area contributed by atoms with Gasteiger partial charge in [0.25, 0.3) is 15.9 Å². The second kappa shape index (κ2) is 8.49. The molecular formula is C24H20N2O4S. The largest absolute Gasteiger partial charge is 0.497 e. The van der Waals surface area contributed by atoms with Crippen LogP contribution in [0.2, 0.25) is 0 Å². The third-order valence-corrected chi connectivity index (χ3v) is 6.20. The van der Waals surface area contributed by atoms with Crippen LogP contribution in [0.3, 0.4) is 0 Å². The predicted octanol–water partition coefficient (Wildman–Crippen LogP) is 4.90. The van der Waals surface area contributed by atoms with Gasteiger partial charge in [-0.1, -0.05) is 36.4 Å². The molecule has 0 aromatic heterocycles. The SMILES string of the molecule is COc1ccc(S(=O)(=O)Nc2ccc(C(=O)Nc3cccc4ccccc34)cc2)cc1. The zero-order chi connectivity index (χ0) is 21.8. The highest BCUT2D eigenvalue weighted by Gasteiger charge is 2.15. The summed E-state index contributed by atoms with van der Waals surface area (Å²) in [5.41, 5.74) is 1.49. The van der Waals surface area contributed by atoms with Crippen LogP contribution in [0.4, 0.5) is 11.4 Å². The van der Waals surface area contributed by atoms with Crippen molar-refractivity contribution in [3.05, 3.63) is 96.6 Å². The molecule has 0 aliphatic rings. The summed E-state index contributed by atoms with van der Waals surface area (Å²) in [6, 6.07) is 25.8. The molecule has 0 bridgehead atoms. The number of hydrogen-bond acceptors (Lipinski definition) is 4. The van der Waals surface area contributed by atoms with Crippen molar-refractivity contribution in [1.82, 2.24) is 0 Å². The molecule has 0 atom stereocenters. The number of rotatable bonds is 6. The number of nitrogens with one attached hydrogen (secondary N) is 2. The fourth-order valence-electron chi connectivity index (χ4n) is 3.19. The quantitative estimate of drug-likeness (QED) is 0.454. The van der Waals surface area contributed by atoms with E-state index in [2.05, 4.69) is 10.0 Å². The molecule has 0 radical (unpaired) electrons. The molecule has 0 saturated heterocycles. The molecule has 2 N–H and O–H groups in total. The minimum atomic E-state index is -3.75. The zero-order valence-electron chi connectivity index (χ0n) is 16.7. The summed E-state index contributed by atoms with van der Waals surface area (Å²) in [4.78, 5) is 12.8. The van der Waals surface area contributed by atoms with Crippen LogP contribution in [0, 0.1) is 0 Å². The van der Waals surface area contributed by atoms with Gasteiger partial charge in [0.15, 0.2) is 0 Å². The maximum atomic E-state index is 12.7. The van der Waals surface area contributed by atoms with E-state index in [1.807, 2.05) is 42.5 Å². The lowest BCUT2D eigenvalue weighted by Gasteiger charge is -2.11. The van der Waals surface area contributed by atoms with E-state index in [1.165, 1.54) is 19.2 Å². The number of hydrogen-bond donors (Lipinski definition) is 2. The highest BCUT2D eigenvalue weighted by molar-refractivity contribution is 7.92. The molecule has 0 saturated carbocycles. The van der Waals surface area contributed by atoms with Gasteiger partial charge in [0.2, 0.25) is 0 Å². The van der Waals surface area contributed by atoms with Gasteiger partial charge in [0, 0.05) is 22.3 Å². The first kappa shape index (κ1) is 20.4. The van der Waals surface area contributed by atoms with Crippen molar-refractivity contribution in [2.75, 3.05) is 17.1 Å². The summed E-state index contributed by atoms with van der Waals surface area (Å²) in [7, 11) is -2.24. The Morgan fingerprint density at radius 3 is 2.19 bits per heavy atom. The van der Waals surface area contributed by atoms with E-state index in [1.54, 1.807) is 36.4 Å². The minimum Gasteiger partial charge on any atom is -0.497 e. The van der Waals surface area contributed by atoms with Gasteiger partial charge in [-0.25, -0.2) is 8.42 Å². The molecule has 0 unspecified atom stereocenters. The van der Waals surface area contributed by atoms with Crippen molar-refractivity contribution in [3.63, 3.8) is 0 Å². The average Bonchev–Trinajstić information content (AvgIpc) is 2.79. The van der Waals surface area contributed by atoms with Gasteiger partial charge in [-0.15, -0.1) is 0 Å². The van der Waals surface area contributed by atoms with E-state index in [0.29, 0.717) is 22.7 Å². The van der Waals surface area contributed by atoms with E-state index in [4.69, 9.17) is 4.74 Å². The van der Waals surface area contributed by atoms with Crippen LogP contribution < -0.4 is 14.8 Å². The molecule has 4 rings (SSSR count). The number of benzene rings is 4. The Bertz CT molecular complexity index is 1330. The van der Waals surface area contributed by atoms with Gasteiger partial charge in [-0.2, -0.15) is 0 Å². The third kappa shape index (κ3) is 4.51. The smallest absolute Gasteiger partial charge is 0.261 e. The maximum absolute atomic E-state index is 12.7. The molecule has 0 spiro atoms. The fourth-order valence-corrected chi connectivity index (χ4v) is 4.25. The summed E-state index contributed by atoms with van der Waals surface area (Å²) < 4.78 is 32.7. The second-order valence-electron chi connectivity index (χ2n) is 6.84. The first-order valence-corrected chi connectivity index (χ1v) is 11.0. The predicted molar refractivity (Wildman–Crippen MR) is 122 cm³/mol. The second-order valence-corrected chi connectivity index (χ2v) is 8.52. The fraction of sp³-hybridized carbons (Fsp3) is 0.0417. The first-order chi connectivity index (χ1) is 15.0. The van der Waals surface area contributed by atoms with Crippen molar-refractivity contribution < 1.29 is 17.9 Å². The van der Waals surface area contributed by atoms with Crippen molar-refractivity contribution in [2.45, 2.75) is 4.90 Å². The van der Waals surface area contributed by atoms with Crippen LogP contribution >= 0.6 is 0 Å². The minimum absolute atomic E-state index is 0.117. The van der Waals surface area contributed by atoms with Crippen LogP contribution in [-0.4, -0.2) is 21.4 Å². The summed E-state index contributed by atoms with van der Waals surface area (Å²) in [6.07, 6.45) is 0. The molecule has 0 aliphatic carbocycles. The Morgan fingerprint density at radius 1 is 0.806 bits per heavy atom. The van der Waals surface area contributed by atoms with Crippen LogP contribution in [0.5, 0.6) is 5.75 Å². The third-order valence-electron chi connectivity index (χ3n) is 4.81. The van der Waals surface area contributed by atoms with Crippen molar-refractivity contribution >= 4 is 38.1 Å². The highest BCUT2D eigenvalue weighted by atomic mass is 32.2. The number of carbonyl (C=O) groups is 1. The summed E-state index contributed by atoms with van der Waals surface area (Å²) in [5.74, 6) is 0.293. The Morgan fingerprint density at radius 2 is 1.48 bits per heavy atom. The zero-order valence-corrected chi connectivity index (χ0v) is 17.5. The number of sulfonamides is 1. The monoisotopic (exact) mass is 432 g/mol. The van der Waals surface area contributed by atoms with Crippen LogP contribution in [-0.2, 0) is 10.0 Å². The molecular weight excluding hydrogens is 412 g/mol. The van der Waals surface area contributed by atoms with E-state index in [0.717, 1.165) is 10.8 Å². The molecule has 156 valence electrons. The molecule has 0 fully saturated rings. The lowest BCUT2D eigenvalue weighted by molar-refractivity contribution is 0.102. The number of ether oxygens (including phenoxy) is 1. The molecule has 31 heavy (non-hydrogen) atoms. The average molecular weight is 433 g/mol. The lowest BCUT2D eigenvalue weighted by atomic mass is 10.1. The van der Waals surface area contributed by atoms with Crippen LogP contribution in [0.1, 0.15) is 10.4 Å². The van der Waals surface area contributed by atoms with Gasteiger partial charge in [0.05, 0.1) is 12.0 Å². The topological polar surface area (TPSA) is 84.5 Å². The maximum Gasteiger partial charge on any atom is 0.261 e. The number of methoxy groups -OCH3 is 1. The van der Waals surface area contributed by atoms with Crippen molar-refractivity contribution in [3.8, 4) is 5.75 Å². The molecule has 0 heterocycles. The van der Waals surface area contributed by atoms with E-state index in [9.17, 15) is 13.2 Å². The van der Waals surface area contributed by atoms with Crippen molar-refractivity contribution in [1.29, 1.82) is 0 Å². The summed E-state index contributed by atoms with van der Waals surface area (Å²) in [6.45, 7) is 0. The number of amides is 1. The Hall–Kier alpha value is -3.84. The van der Waals surface area contributed by atoms with E-state index < -0.39 is 10.0 Å². The van der Waals surface area contributed by atoms with E-state index in [-0.39, 0.29) is 10.8 Å². The molecule has 0 aliphatic heterocycles. The van der Waals surface area contributed by atoms with E-state index >= 15 is 0 Å². The Balaban J connectivity index is 1.49. The normalized spacial score (nSPS) is 11.1. The lowest BCUT2D eigenvalue weighted by Crippen LogP contribution is -2.14. The summed E-state index contributed by atoms with van der Waals surface area (Å²) in [5, 5.41) is 4.89. The molecule has 6 nitrogen and oxygen atoms in total. The molecule has 4 aromatic rings. The molecule has 4 aromatic carbocycles. The van der Waals surface area contributed by atoms with Crippen LogP contribution in [0.25, 0.3) is 10.8 Å². The van der Waals surface area contributed by atoms with Gasteiger partial charge in [-0.05, 0) is 60.0 Å².